The highest BCUT2D eigenvalue weighted by molar-refractivity contribution is 5.61. The molecular weight excluding hydrogens is 202 g/mol. The van der Waals surface area contributed by atoms with Crippen molar-refractivity contribution in [2.75, 3.05) is 44.3 Å². The number of benzene rings is 1. The van der Waals surface area contributed by atoms with Crippen LogP contribution in [0.15, 0.2) is 18.2 Å². The molecule has 1 heterocycles. The fourth-order valence-corrected chi connectivity index (χ4v) is 2.01. The second-order valence-electron chi connectivity index (χ2n) is 4.12. The second-order valence-corrected chi connectivity index (χ2v) is 4.12. The van der Waals surface area contributed by atoms with Gasteiger partial charge in [-0.1, -0.05) is 6.07 Å². The number of morpholine rings is 1. The van der Waals surface area contributed by atoms with Gasteiger partial charge in [0.25, 0.3) is 0 Å². The summed E-state index contributed by atoms with van der Waals surface area (Å²) < 4.78 is 5.31. The molecule has 1 fully saturated rings. The Morgan fingerprint density at radius 1 is 1.12 bits per heavy atom. The molecule has 4 nitrogen and oxygen atoms in total. The van der Waals surface area contributed by atoms with E-state index >= 15 is 0 Å². The van der Waals surface area contributed by atoms with Crippen molar-refractivity contribution in [1.82, 2.24) is 4.90 Å². The molecule has 0 amide bonds. The third-order valence-corrected chi connectivity index (χ3v) is 3.03. The summed E-state index contributed by atoms with van der Waals surface area (Å²) in [7, 11) is 0. The van der Waals surface area contributed by atoms with Crippen LogP contribution in [0.2, 0.25) is 0 Å². The van der Waals surface area contributed by atoms with E-state index in [2.05, 4.69) is 4.90 Å². The molecule has 1 aromatic rings. The Kier molecular flexibility index (Phi) is 3.64. The van der Waals surface area contributed by atoms with Gasteiger partial charge in [-0.05, 0) is 24.1 Å². The molecule has 2 rings (SSSR count). The van der Waals surface area contributed by atoms with E-state index in [1.54, 1.807) is 0 Å². The quantitative estimate of drug-likeness (QED) is 0.738. The standard InChI is InChI=1S/C12H19N3O/c13-11-2-1-3-12(14)10(11)4-5-15-6-8-16-9-7-15/h1-3H,4-9,13-14H2. The third kappa shape index (κ3) is 2.65. The highest BCUT2D eigenvalue weighted by Gasteiger charge is 2.11. The number of hydrogen-bond donors (Lipinski definition) is 2. The summed E-state index contributed by atoms with van der Waals surface area (Å²) in [4.78, 5) is 2.38. The highest BCUT2D eigenvalue weighted by atomic mass is 16.5. The Morgan fingerprint density at radius 3 is 2.38 bits per heavy atom. The summed E-state index contributed by atoms with van der Waals surface area (Å²) in [6, 6.07) is 5.71. The van der Waals surface area contributed by atoms with Gasteiger partial charge in [-0.3, -0.25) is 4.90 Å². The molecule has 0 radical (unpaired) electrons. The van der Waals surface area contributed by atoms with Gasteiger partial charge in [0.2, 0.25) is 0 Å². The van der Waals surface area contributed by atoms with Crippen molar-refractivity contribution in [2.24, 2.45) is 0 Å². The van der Waals surface area contributed by atoms with E-state index in [-0.39, 0.29) is 0 Å². The first kappa shape index (κ1) is 11.2. The Bertz CT molecular complexity index is 328. The summed E-state index contributed by atoms with van der Waals surface area (Å²) in [5.41, 5.74) is 14.5. The van der Waals surface area contributed by atoms with Crippen molar-refractivity contribution in [3.63, 3.8) is 0 Å². The van der Waals surface area contributed by atoms with Gasteiger partial charge in [0.15, 0.2) is 0 Å². The normalized spacial score (nSPS) is 17.5. The minimum atomic E-state index is 0.799. The minimum Gasteiger partial charge on any atom is -0.398 e. The maximum absolute atomic E-state index is 5.91. The van der Waals surface area contributed by atoms with Crippen LogP contribution in [-0.4, -0.2) is 37.7 Å². The van der Waals surface area contributed by atoms with E-state index in [0.717, 1.165) is 56.2 Å². The SMILES string of the molecule is Nc1cccc(N)c1CCN1CCOCC1. The topological polar surface area (TPSA) is 64.5 Å². The molecule has 0 bridgehead atoms. The minimum absolute atomic E-state index is 0.799. The highest BCUT2D eigenvalue weighted by Crippen LogP contribution is 2.19. The van der Waals surface area contributed by atoms with E-state index in [4.69, 9.17) is 16.2 Å². The molecule has 0 aliphatic carbocycles. The van der Waals surface area contributed by atoms with Gasteiger partial charge in [-0.25, -0.2) is 0 Å². The monoisotopic (exact) mass is 221 g/mol. The van der Waals surface area contributed by atoms with Crippen LogP contribution in [0.4, 0.5) is 11.4 Å². The fourth-order valence-electron chi connectivity index (χ4n) is 2.01. The van der Waals surface area contributed by atoms with Crippen LogP contribution in [0.3, 0.4) is 0 Å². The number of ether oxygens (including phenoxy) is 1. The zero-order valence-electron chi connectivity index (χ0n) is 9.48. The molecule has 1 aliphatic heterocycles. The summed E-state index contributed by atoms with van der Waals surface area (Å²) in [5, 5.41) is 0. The van der Waals surface area contributed by atoms with Crippen molar-refractivity contribution < 1.29 is 4.74 Å². The largest absolute Gasteiger partial charge is 0.398 e. The zero-order valence-corrected chi connectivity index (χ0v) is 9.48. The molecule has 4 N–H and O–H groups in total. The maximum Gasteiger partial charge on any atom is 0.0594 e. The van der Waals surface area contributed by atoms with Crippen LogP contribution >= 0.6 is 0 Å². The number of hydrogen-bond acceptors (Lipinski definition) is 4. The van der Waals surface area contributed by atoms with Gasteiger partial charge < -0.3 is 16.2 Å². The Morgan fingerprint density at radius 2 is 1.75 bits per heavy atom. The van der Waals surface area contributed by atoms with Crippen molar-refractivity contribution in [3.8, 4) is 0 Å². The third-order valence-electron chi connectivity index (χ3n) is 3.03. The molecule has 1 saturated heterocycles. The van der Waals surface area contributed by atoms with Gasteiger partial charge in [0.05, 0.1) is 13.2 Å². The van der Waals surface area contributed by atoms with Crippen molar-refractivity contribution >= 4 is 11.4 Å². The number of nitrogens with two attached hydrogens (primary N) is 2. The summed E-state index contributed by atoms with van der Waals surface area (Å²) in [6.07, 6.45) is 0.915. The predicted octanol–water partition coefficient (Wildman–Crippen LogP) is 0.726. The molecule has 4 heteroatoms. The lowest BCUT2D eigenvalue weighted by molar-refractivity contribution is 0.0385. The van der Waals surface area contributed by atoms with E-state index in [1.165, 1.54) is 0 Å². The van der Waals surface area contributed by atoms with E-state index in [1.807, 2.05) is 18.2 Å². The molecule has 0 aromatic heterocycles. The Hall–Kier alpha value is -1.26. The van der Waals surface area contributed by atoms with Crippen molar-refractivity contribution in [1.29, 1.82) is 0 Å². The molecular formula is C12H19N3O. The van der Waals surface area contributed by atoms with Crippen LogP contribution < -0.4 is 11.5 Å². The van der Waals surface area contributed by atoms with Gasteiger partial charge in [-0.2, -0.15) is 0 Å². The smallest absolute Gasteiger partial charge is 0.0594 e. The average molecular weight is 221 g/mol. The van der Waals surface area contributed by atoms with Crippen molar-refractivity contribution in [3.05, 3.63) is 23.8 Å². The number of nitrogen functional groups attached to an aromatic ring is 2. The lowest BCUT2D eigenvalue weighted by Gasteiger charge is -2.26. The number of anilines is 2. The van der Waals surface area contributed by atoms with E-state index in [9.17, 15) is 0 Å². The van der Waals surface area contributed by atoms with Crippen molar-refractivity contribution in [2.45, 2.75) is 6.42 Å². The van der Waals surface area contributed by atoms with Crippen LogP contribution in [0.1, 0.15) is 5.56 Å². The molecule has 1 aromatic carbocycles. The van der Waals surface area contributed by atoms with E-state index < -0.39 is 0 Å². The van der Waals surface area contributed by atoms with Gasteiger partial charge in [0.1, 0.15) is 0 Å². The maximum atomic E-state index is 5.91. The predicted molar refractivity (Wildman–Crippen MR) is 66.2 cm³/mol. The van der Waals surface area contributed by atoms with Gasteiger partial charge >= 0.3 is 0 Å². The fraction of sp³-hybridized carbons (Fsp3) is 0.500. The Balaban J connectivity index is 1.93. The Labute approximate surface area is 96.2 Å². The summed E-state index contributed by atoms with van der Waals surface area (Å²) >= 11 is 0. The number of rotatable bonds is 3. The summed E-state index contributed by atoms with van der Waals surface area (Å²) in [5.74, 6) is 0. The molecule has 1 aliphatic rings. The molecule has 0 atom stereocenters. The average Bonchev–Trinajstić information content (AvgIpc) is 2.30. The van der Waals surface area contributed by atoms with Crippen LogP contribution in [0, 0.1) is 0 Å². The molecule has 0 saturated carbocycles. The van der Waals surface area contributed by atoms with Gasteiger partial charge in [0, 0.05) is 31.0 Å². The lowest BCUT2D eigenvalue weighted by Crippen LogP contribution is -2.37. The zero-order chi connectivity index (χ0) is 11.4. The second kappa shape index (κ2) is 5.18. The molecule has 16 heavy (non-hydrogen) atoms. The van der Waals surface area contributed by atoms with E-state index in [0.29, 0.717) is 0 Å². The molecule has 0 unspecified atom stereocenters. The van der Waals surface area contributed by atoms with Crippen LogP contribution in [-0.2, 0) is 11.2 Å². The lowest BCUT2D eigenvalue weighted by atomic mass is 10.1. The summed E-state index contributed by atoms with van der Waals surface area (Å²) in [6.45, 7) is 4.68. The molecule has 88 valence electrons. The first-order valence-corrected chi connectivity index (χ1v) is 5.70. The first-order chi connectivity index (χ1) is 7.77. The van der Waals surface area contributed by atoms with Gasteiger partial charge in [-0.15, -0.1) is 0 Å². The number of nitrogens with zero attached hydrogens (tertiary/aromatic N) is 1. The molecule has 0 spiro atoms. The van der Waals surface area contributed by atoms with Crippen LogP contribution in [0.5, 0.6) is 0 Å². The van der Waals surface area contributed by atoms with Crippen LogP contribution in [0.25, 0.3) is 0 Å². The first-order valence-electron chi connectivity index (χ1n) is 5.70.